The van der Waals surface area contributed by atoms with Gasteiger partial charge in [0.15, 0.2) is 0 Å². The van der Waals surface area contributed by atoms with Gasteiger partial charge in [0.2, 0.25) is 0 Å². The fraction of sp³-hybridized carbons (Fsp3) is 0.625. The first-order valence-electron chi connectivity index (χ1n) is 8.13. The summed E-state index contributed by atoms with van der Waals surface area (Å²) in [7, 11) is -1.40. The van der Waals surface area contributed by atoms with Crippen molar-refractivity contribution in [3.8, 4) is 0 Å². The van der Waals surface area contributed by atoms with Gasteiger partial charge in [-0.3, -0.25) is 10.1 Å². The predicted molar refractivity (Wildman–Crippen MR) is 92.1 cm³/mol. The SMILES string of the molecule is C[Si](C)(CCCOCc1ccccc1[N+](=O)[O-])N1CCOCC1. The van der Waals surface area contributed by atoms with Gasteiger partial charge in [0.1, 0.15) is 8.24 Å². The van der Waals surface area contributed by atoms with E-state index in [4.69, 9.17) is 9.47 Å². The highest BCUT2D eigenvalue weighted by Crippen LogP contribution is 2.21. The second-order valence-electron chi connectivity index (χ2n) is 6.45. The minimum Gasteiger partial charge on any atom is -0.379 e. The molecule has 0 spiro atoms. The number of benzene rings is 1. The van der Waals surface area contributed by atoms with Crippen molar-refractivity contribution in [1.82, 2.24) is 4.57 Å². The van der Waals surface area contributed by atoms with Crippen LogP contribution in [0.5, 0.6) is 0 Å². The van der Waals surface area contributed by atoms with Gasteiger partial charge in [-0.2, -0.15) is 0 Å². The summed E-state index contributed by atoms with van der Waals surface area (Å²) in [5.41, 5.74) is 0.776. The van der Waals surface area contributed by atoms with Crippen LogP contribution in [0.25, 0.3) is 0 Å². The molecule has 1 heterocycles. The molecule has 0 atom stereocenters. The minimum atomic E-state index is -1.40. The number of hydrogen-bond donors (Lipinski definition) is 0. The molecule has 1 aromatic rings. The van der Waals surface area contributed by atoms with Gasteiger partial charge in [0.05, 0.1) is 30.3 Å². The van der Waals surface area contributed by atoms with Gasteiger partial charge in [-0.15, -0.1) is 0 Å². The maximum Gasteiger partial charge on any atom is 0.274 e. The number of ether oxygens (including phenoxy) is 2. The zero-order valence-corrected chi connectivity index (χ0v) is 15.0. The maximum absolute atomic E-state index is 11.0. The van der Waals surface area contributed by atoms with Crippen molar-refractivity contribution in [2.45, 2.75) is 32.2 Å². The van der Waals surface area contributed by atoms with Crippen LogP contribution in [-0.4, -0.2) is 50.6 Å². The van der Waals surface area contributed by atoms with E-state index in [9.17, 15) is 10.1 Å². The second-order valence-corrected chi connectivity index (χ2v) is 11.2. The number of hydrogen-bond acceptors (Lipinski definition) is 5. The van der Waals surface area contributed by atoms with E-state index in [1.807, 2.05) is 0 Å². The lowest BCUT2D eigenvalue weighted by molar-refractivity contribution is -0.385. The van der Waals surface area contributed by atoms with Crippen LogP contribution in [0.15, 0.2) is 24.3 Å². The average molecular weight is 338 g/mol. The quantitative estimate of drug-likeness (QED) is 0.315. The Hall–Kier alpha value is -1.28. The van der Waals surface area contributed by atoms with E-state index in [2.05, 4.69) is 17.7 Å². The standard InChI is InChI=1S/C16H26N2O4Si/c1-23(2,17-8-11-21-12-9-17)13-5-10-22-14-15-6-3-4-7-16(15)18(19)20/h3-4,6-7H,5,8-14H2,1-2H3. The average Bonchev–Trinajstić information content (AvgIpc) is 2.55. The highest BCUT2D eigenvalue weighted by molar-refractivity contribution is 6.74. The molecule has 6 nitrogen and oxygen atoms in total. The third-order valence-electron chi connectivity index (χ3n) is 4.39. The first-order chi connectivity index (χ1) is 11.0. The highest BCUT2D eigenvalue weighted by Gasteiger charge is 2.29. The zero-order valence-electron chi connectivity index (χ0n) is 14.0. The summed E-state index contributed by atoms with van der Waals surface area (Å²) < 4.78 is 13.7. The lowest BCUT2D eigenvalue weighted by Crippen LogP contribution is -2.53. The van der Waals surface area contributed by atoms with Crippen LogP contribution in [0.4, 0.5) is 5.69 Å². The Bertz CT molecular complexity index is 519. The van der Waals surface area contributed by atoms with Crippen molar-refractivity contribution in [2.75, 3.05) is 32.9 Å². The molecule has 0 unspecified atom stereocenters. The summed E-state index contributed by atoms with van der Waals surface area (Å²) in [6.45, 7) is 9.48. The largest absolute Gasteiger partial charge is 0.379 e. The number of para-hydroxylation sites is 1. The lowest BCUT2D eigenvalue weighted by Gasteiger charge is -2.39. The van der Waals surface area contributed by atoms with Crippen LogP contribution in [0.1, 0.15) is 12.0 Å². The molecule has 1 aliphatic rings. The molecule has 0 radical (unpaired) electrons. The maximum atomic E-state index is 11.0. The van der Waals surface area contributed by atoms with Crippen LogP contribution in [-0.2, 0) is 16.1 Å². The van der Waals surface area contributed by atoms with Crippen molar-refractivity contribution in [1.29, 1.82) is 0 Å². The summed E-state index contributed by atoms with van der Waals surface area (Å²) in [5.74, 6) is 0. The Labute approximate surface area is 138 Å². The van der Waals surface area contributed by atoms with Crippen LogP contribution >= 0.6 is 0 Å². The number of morpholine rings is 1. The molecule has 1 aliphatic heterocycles. The molecule has 1 saturated heterocycles. The topological polar surface area (TPSA) is 64.8 Å². The van der Waals surface area contributed by atoms with Crippen molar-refractivity contribution in [2.24, 2.45) is 0 Å². The van der Waals surface area contributed by atoms with Crippen molar-refractivity contribution >= 4 is 13.9 Å². The van der Waals surface area contributed by atoms with Crippen LogP contribution in [0.2, 0.25) is 19.1 Å². The molecule has 0 N–H and O–H groups in total. The molecule has 0 saturated carbocycles. The first-order valence-corrected chi connectivity index (χ1v) is 11.3. The molecular formula is C16H26N2O4Si. The first kappa shape index (κ1) is 18.1. The molecule has 128 valence electrons. The van der Waals surface area contributed by atoms with Crippen molar-refractivity contribution < 1.29 is 14.4 Å². The number of rotatable bonds is 8. The Balaban J connectivity index is 1.72. The molecule has 2 rings (SSSR count). The minimum absolute atomic E-state index is 0.135. The Morgan fingerprint density at radius 2 is 2.00 bits per heavy atom. The molecule has 23 heavy (non-hydrogen) atoms. The Kier molecular flexibility index (Phi) is 6.70. The molecule has 7 heteroatoms. The van der Waals surface area contributed by atoms with Gasteiger partial charge >= 0.3 is 0 Å². The Morgan fingerprint density at radius 1 is 1.30 bits per heavy atom. The van der Waals surface area contributed by atoms with Crippen molar-refractivity contribution in [3.63, 3.8) is 0 Å². The summed E-state index contributed by atoms with van der Waals surface area (Å²) >= 11 is 0. The fourth-order valence-corrected chi connectivity index (χ4v) is 5.65. The van der Waals surface area contributed by atoms with E-state index in [1.54, 1.807) is 18.2 Å². The molecule has 0 aromatic heterocycles. The fourth-order valence-electron chi connectivity index (χ4n) is 2.93. The van der Waals surface area contributed by atoms with E-state index in [0.717, 1.165) is 32.7 Å². The van der Waals surface area contributed by atoms with E-state index in [-0.39, 0.29) is 10.6 Å². The summed E-state index contributed by atoms with van der Waals surface area (Å²) in [6, 6.07) is 7.93. The number of nitro groups is 1. The summed E-state index contributed by atoms with van der Waals surface area (Å²) in [5, 5.41) is 11.0. The van der Waals surface area contributed by atoms with Gasteiger partial charge < -0.3 is 14.0 Å². The van der Waals surface area contributed by atoms with Crippen LogP contribution in [0, 0.1) is 10.1 Å². The van der Waals surface area contributed by atoms with E-state index in [0.29, 0.717) is 18.8 Å². The van der Waals surface area contributed by atoms with Crippen LogP contribution < -0.4 is 0 Å². The van der Waals surface area contributed by atoms with Crippen LogP contribution in [0.3, 0.4) is 0 Å². The smallest absolute Gasteiger partial charge is 0.274 e. The monoisotopic (exact) mass is 338 g/mol. The molecule has 0 amide bonds. The number of nitro benzene ring substituents is 1. The normalized spacial score (nSPS) is 16.4. The van der Waals surface area contributed by atoms with Gasteiger partial charge in [-0.25, -0.2) is 0 Å². The van der Waals surface area contributed by atoms with Crippen molar-refractivity contribution in [3.05, 3.63) is 39.9 Å². The van der Waals surface area contributed by atoms with E-state index >= 15 is 0 Å². The molecule has 1 fully saturated rings. The predicted octanol–water partition coefficient (Wildman–Crippen LogP) is 3.04. The third kappa shape index (κ3) is 5.38. The van der Waals surface area contributed by atoms with Gasteiger partial charge in [-0.1, -0.05) is 25.2 Å². The Morgan fingerprint density at radius 3 is 2.70 bits per heavy atom. The highest BCUT2D eigenvalue weighted by atomic mass is 28.3. The van der Waals surface area contributed by atoms with Gasteiger partial charge in [0, 0.05) is 25.8 Å². The number of nitrogens with zero attached hydrogens (tertiary/aromatic N) is 2. The second kappa shape index (κ2) is 8.54. The van der Waals surface area contributed by atoms with Gasteiger partial charge in [0.25, 0.3) is 5.69 Å². The molecule has 0 bridgehead atoms. The zero-order chi connectivity index (χ0) is 16.7. The third-order valence-corrected chi connectivity index (χ3v) is 8.13. The molecule has 1 aromatic carbocycles. The lowest BCUT2D eigenvalue weighted by atomic mass is 10.2. The van der Waals surface area contributed by atoms with E-state index in [1.165, 1.54) is 12.1 Å². The van der Waals surface area contributed by atoms with E-state index < -0.39 is 8.24 Å². The van der Waals surface area contributed by atoms with Gasteiger partial charge in [-0.05, 0) is 18.5 Å². The summed E-state index contributed by atoms with van der Waals surface area (Å²) in [4.78, 5) is 10.6. The molecule has 0 aliphatic carbocycles. The summed E-state index contributed by atoms with van der Waals surface area (Å²) in [6.07, 6.45) is 0.997. The molecular weight excluding hydrogens is 312 g/mol.